The lowest BCUT2D eigenvalue weighted by atomic mass is 10.4. The van der Waals surface area contributed by atoms with E-state index in [0.717, 1.165) is 6.42 Å². The van der Waals surface area contributed by atoms with Gasteiger partial charge in [0.05, 0.1) is 11.2 Å². The lowest BCUT2D eigenvalue weighted by Crippen LogP contribution is -1.86. The van der Waals surface area contributed by atoms with E-state index < -0.39 is 0 Å². The van der Waals surface area contributed by atoms with E-state index in [1.54, 1.807) is 0 Å². The highest BCUT2D eigenvalue weighted by Gasteiger charge is 2.24. The van der Waals surface area contributed by atoms with Gasteiger partial charge in [0.2, 0.25) is 0 Å². The fourth-order valence-corrected chi connectivity index (χ4v) is 1.35. The molecule has 3 rings (SSSR count). The predicted octanol–water partition coefficient (Wildman–Crippen LogP) is 1.24. The third-order valence-electron chi connectivity index (χ3n) is 1.94. The number of pyridine rings is 1. The minimum atomic E-state index is 1.12. The summed E-state index contributed by atoms with van der Waals surface area (Å²) in [6.45, 7) is 0. The van der Waals surface area contributed by atoms with Gasteiger partial charge in [0.1, 0.15) is 0 Å². The zero-order valence-corrected chi connectivity index (χ0v) is 5.41. The van der Waals surface area contributed by atoms with E-state index in [1.165, 1.54) is 16.8 Å². The van der Waals surface area contributed by atoms with Crippen molar-refractivity contribution in [2.24, 2.45) is 0 Å². The molecule has 0 fully saturated rings. The molecule has 0 saturated heterocycles. The van der Waals surface area contributed by atoms with E-state index >= 15 is 0 Å². The maximum Gasteiger partial charge on any atom is 0.0716 e. The molecule has 0 N–H and O–H groups in total. The average molecular weight is 130 g/mol. The Hall–Kier alpha value is -1.31. The van der Waals surface area contributed by atoms with Gasteiger partial charge in [-0.05, 0) is 12.1 Å². The standard InChI is InChI=1S/C8H6N2/c1-2-4-10-8(3-1)6-5-7(6)9-10/h1-4H,5H2. The summed E-state index contributed by atoms with van der Waals surface area (Å²) in [5.41, 5.74) is 3.98. The summed E-state index contributed by atoms with van der Waals surface area (Å²) in [6.07, 6.45) is 3.10. The highest BCUT2D eigenvalue weighted by atomic mass is 15.2. The summed E-state index contributed by atoms with van der Waals surface area (Å²) >= 11 is 0. The Morgan fingerprint density at radius 2 is 2.40 bits per heavy atom. The van der Waals surface area contributed by atoms with Gasteiger partial charge in [-0.1, -0.05) is 6.07 Å². The fraction of sp³-hybridized carbons (Fsp3) is 0.125. The van der Waals surface area contributed by atoms with Crippen molar-refractivity contribution in [3.05, 3.63) is 35.7 Å². The molecule has 1 aliphatic rings. The number of rotatable bonds is 0. The molecule has 2 nitrogen and oxygen atoms in total. The lowest BCUT2D eigenvalue weighted by Gasteiger charge is -1.90. The molecule has 2 aromatic heterocycles. The van der Waals surface area contributed by atoms with Crippen LogP contribution in [0.4, 0.5) is 0 Å². The molecule has 0 spiro atoms. The minimum absolute atomic E-state index is 1.12. The molecule has 0 saturated carbocycles. The van der Waals surface area contributed by atoms with Gasteiger partial charge in [-0.2, -0.15) is 5.10 Å². The van der Waals surface area contributed by atoms with Crippen LogP contribution in [0.1, 0.15) is 11.3 Å². The molecule has 10 heavy (non-hydrogen) atoms. The first kappa shape index (κ1) is 4.50. The van der Waals surface area contributed by atoms with E-state index in [2.05, 4.69) is 17.2 Å². The maximum atomic E-state index is 4.32. The Morgan fingerprint density at radius 3 is 3.30 bits per heavy atom. The van der Waals surface area contributed by atoms with Crippen molar-refractivity contribution < 1.29 is 0 Å². The Bertz CT molecular complexity index is 401. The summed E-state index contributed by atoms with van der Waals surface area (Å²) in [6, 6.07) is 6.16. The molecule has 0 aliphatic heterocycles. The van der Waals surface area contributed by atoms with Gasteiger partial charge in [-0.3, -0.25) is 0 Å². The van der Waals surface area contributed by atoms with Crippen molar-refractivity contribution in [2.75, 3.05) is 0 Å². The van der Waals surface area contributed by atoms with Gasteiger partial charge in [0.25, 0.3) is 0 Å². The van der Waals surface area contributed by atoms with Crippen LogP contribution in [-0.4, -0.2) is 9.61 Å². The van der Waals surface area contributed by atoms with E-state index in [-0.39, 0.29) is 0 Å². The van der Waals surface area contributed by atoms with Crippen LogP contribution in [0.25, 0.3) is 5.52 Å². The molecule has 0 radical (unpaired) electrons. The third kappa shape index (κ3) is 0.386. The largest absolute Gasteiger partial charge is 0.240 e. The van der Waals surface area contributed by atoms with Gasteiger partial charge < -0.3 is 0 Å². The van der Waals surface area contributed by atoms with Gasteiger partial charge in [-0.15, -0.1) is 0 Å². The van der Waals surface area contributed by atoms with Crippen LogP contribution in [0, 0.1) is 0 Å². The van der Waals surface area contributed by atoms with Crippen LogP contribution in [0.2, 0.25) is 0 Å². The molecule has 0 unspecified atom stereocenters. The van der Waals surface area contributed by atoms with Crippen LogP contribution in [-0.2, 0) is 6.42 Å². The van der Waals surface area contributed by atoms with Crippen molar-refractivity contribution in [1.29, 1.82) is 0 Å². The molecule has 2 heteroatoms. The number of nitrogens with zero attached hydrogens (tertiary/aromatic N) is 2. The van der Waals surface area contributed by atoms with Crippen LogP contribution < -0.4 is 0 Å². The van der Waals surface area contributed by atoms with Crippen molar-refractivity contribution >= 4 is 5.52 Å². The fourth-order valence-electron chi connectivity index (χ4n) is 1.35. The Labute approximate surface area is 58.1 Å². The van der Waals surface area contributed by atoms with Gasteiger partial charge in [0.15, 0.2) is 0 Å². The molecule has 0 bridgehead atoms. The first-order chi connectivity index (χ1) is 4.95. The molecule has 48 valence electrons. The summed E-state index contributed by atoms with van der Waals surface area (Å²) in [5.74, 6) is 0. The monoisotopic (exact) mass is 130 g/mol. The van der Waals surface area contributed by atoms with Crippen molar-refractivity contribution in [3.8, 4) is 0 Å². The van der Waals surface area contributed by atoms with Crippen molar-refractivity contribution in [3.63, 3.8) is 0 Å². The molecule has 0 aromatic carbocycles. The summed E-state index contributed by atoms with van der Waals surface area (Å²) < 4.78 is 1.94. The lowest BCUT2D eigenvalue weighted by molar-refractivity contribution is 0.930. The zero-order valence-electron chi connectivity index (χ0n) is 5.41. The van der Waals surface area contributed by atoms with Crippen LogP contribution in [0.15, 0.2) is 24.4 Å². The van der Waals surface area contributed by atoms with Crippen molar-refractivity contribution in [2.45, 2.75) is 6.42 Å². The number of hydrogen-bond donors (Lipinski definition) is 0. The summed E-state index contributed by atoms with van der Waals surface area (Å²) in [7, 11) is 0. The molecule has 2 aromatic rings. The van der Waals surface area contributed by atoms with Crippen LogP contribution in [0.5, 0.6) is 0 Å². The minimum Gasteiger partial charge on any atom is -0.240 e. The van der Waals surface area contributed by atoms with Gasteiger partial charge >= 0.3 is 0 Å². The molecular formula is C8H6N2. The number of aromatic nitrogens is 2. The third-order valence-corrected chi connectivity index (χ3v) is 1.94. The van der Waals surface area contributed by atoms with Crippen LogP contribution >= 0.6 is 0 Å². The average Bonchev–Trinajstić information content (AvgIpc) is 2.64. The second kappa shape index (κ2) is 1.24. The van der Waals surface area contributed by atoms with E-state index in [4.69, 9.17) is 0 Å². The Balaban J connectivity index is 2.60. The smallest absolute Gasteiger partial charge is 0.0716 e. The zero-order chi connectivity index (χ0) is 6.55. The van der Waals surface area contributed by atoms with Crippen LogP contribution in [0.3, 0.4) is 0 Å². The SMILES string of the molecule is c1ccn2nc3c(c2c1)C3. The Morgan fingerprint density at radius 1 is 1.40 bits per heavy atom. The normalized spacial score (nSPS) is 13.6. The topological polar surface area (TPSA) is 17.3 Å². The van der Waals surface area contributed by atoms with Gasteiger partial charge in [-0.25, -0.2) is 4.52 Å². The predicted molar refractivity (Wildman–Crippen MR) is 38.0 cm³/mol. The van der Waals surface area contributed by atoms with E-state index in [1.807, 2.05) is 16.8 Å². The first-order valence-electron chi connectivity index (χ1n) is 3.40. The summed E-state index contributed by atoms with van der Waals surface area (Å²) in [4.78, 5) is 0. The second-order valence-corrected chi connectivity index (χ2v) is 2.63. The molecule has 2 heterocycles. The quantitative estimate of drug-likeness (QED) is 0.447. The second-order valence-electron chi connectivity index (χ2n) is 2.63. The highest BCUT2D eigenvalue weighted by molar-refractivity contribution is 5.65. The molecule has 0 amide bonds. The maximum absolute atomic E-state index is 4.32. The molecule has 0 atom stereocenters. The summed E-state index contributed by atoms with van der Waals surface area (Å²) in [5, 5.41) is 4.32. The number of fused-ring (bicyclic) bond motifs is 3. The Kier molecular flexibility index (Phi) is 0.556. The van der Waals surface area contributed by atoms with E-state index in [9.17, 15) is 0 Å². The van der Waals surface area contributed by atoms with Crippen molar-refractivity contribution in [1.82, 2.24) is 9.61 Å². The van der Waals surface area contributed by atoms with Gasteiger partial charge in [0, 0.05) is 18.2 Å². The molecular weight excluding hydrogens is 124 g/mol. The first-order valence-corrected chi connectivity index (χ1v) is 3.40. The van der Waals surface area contributed by atoms with E-state index in [0.29, 0.717) is 0 Å². The number of hydrogen-bond acceptors (Lipinski definition) is 1. The molecule has 1 aliphatic carbocycles. The highest BCUT2D eigenvalue weighted by Crippen LogP contribution is 2.30.